The lowest BCUT2D eigenvalue weighted by molar-refractivity contribution is 0.414. The Morgan fingerprint density at radius 3 is 2.76 bits per heavy atom. The quantitative estimate of drug-likeness (QED) is 0.787. The van der Waals surface area contributed by atoms with Crippen LogP contribution in [0.3, 0.4) is 0 Å². The molecule has 126 valence electrons. The number of benzene rings is 2. The second kappa shape index (κ2) is 6.43. The molecule has 5 heteroatoms. The molecule has 4 rings (SSSR count). The van der Waals surface area contributed by atoms with Gasteiger partial charge in [-0.25, -0.2) is 4.68 Å². The molecule has 2 heterocycles. The second-order valence-electron chi connectivity index (χ2n) is 6.01. The van der Waals surface area contributed by atoms with Crippen molar-refractivity contribution in [2.45, 2.75) is 19.4 Å². The molecule has 0 saturated heterocycles. The summed E-state index contributed by atoms with van der Waals surface area (Å²) in [6.45, 7) is 2.16. The van der Waals surface area contributed by atoms with Crippen LogP contribution in [0.2, 0.25) is 0 Å². The van der Waals surface area contributed by atoms with Gasteiger partial charge in [0.25, 0.3) is 0 Å². The Bertz CT molecular complexity index is 911. The number of rotatable bonds is 4. The van der Waals surface area contributed by atoms with Crippen LogP contribution in [0.5, 0.6) is 5.75 Å². The number of ether oxygens (including phenoxy) is 1. The van der Waals surface area contributed by atoms with Crippen LogP contribution in [-0.4, -0.2) is 21.9 Å². The average Bonchev–Trinajstić information content (AvgIpc) is 3.16. The highest BCUT2D eigenvalue weighted by Crippen LogP contribution is 2.32. The number of methoxy groups -OCH3 is 1. The number of fused-ring (bicyclic) bond motifs is 1. The summed E-state index contributed by atoms with van der Waals surface area (Å²) in [6, 6.07) is 16.7. The van der Waals surface area contributed by atoms with Crippen LogP contribution >= 0.6 is 0 Å². The van der Waals surface area contributed by atoms with Crippen molar-refractivity contribution in [3.63, 3.8) is 0 Å². The molecule has 5 nitrogen and oxygen atoms in total. The Balaban J connectivity index is 1.77. The van der Waals surface area contributed by atoms with Gasteiger partial charge in [0.1, 0.15) is 18.1 Å². The third kappa shape index (κ3) is 2.89. The Hall–Kier alpha value is -3.08. The topological polar surface area (TPSA) is 52.0 Å². The van der Waals surface area contributed by atoms with Crippen LogP contribution in [0, 0.1) is 0 Å². The number of aromatic nitrogens is 3. The van der Waals surface area contributed by atoms with Crippen LogP contribution in [0.25, 0.3) is 5.70 Å². The first-order valence-electron chi connectivity index (χ1n) is 8.40. The van der Waals surface area contributed by atoms with Crippen LogP contribution in [0.15, 0.2) is 60.9 Å². The lowest BCUT2D eigenvalue weighted by Gasteiger charge is -2.24. The van der Waals surface area contributed by atoms with Crippen LogP contribution < -0.4 is 10.1 Å². The highest BCUT2D eigenvalue weighted by molar-refractivity contribution is 5.77. The highest BCUT2D eigenvalue weighted by atomic mass is 16.5. The molecular formula is C20H20N4O. The van der Waals surface area contributed by atoms with Crippen molar-refractivity contribution in [2.24, 2.45) is 0 Å². The van der Waals surface area contributed by atoms with Gasteiger partial charge < -0.3 is 10.1 Å². The van der Waals surface area contributed by atoms with E-state index in [2.05, 4.69) is 58.7 Å². The fourth-order valence-electron chi connectivity index (χ4n) is 3.08. The van der Waals surface area contributed by atoms with Gasteiger partial charge in [-0.3, -0.25) is 0 Å². The van der Waals surface area contributed by atoms with Gasteiger partial charge in [-0.2, -0.15) is 10.1 Å². The maximum absolute atomic E-state index is 5.35. The molecule has 1 aliphatic heterocycles. The van der Waals surface area contributed by atoms with E-state index < -0.39 is 0 Å². The summed E-state index contributed by atoms with van der Waals surface area (Å²) in [5.41, 5.74) is 4.58. The van der Waals surface area contributed by atoms with Gasteiger partial charge in [-0.1, -0.05) is 43.3 Å². The van der Waals surface area contributed by atoms with E-state index in [1.165, 1.54) is 11.1 Å². The SMILES string of the molecule is CCc1ccc([C@@H]2C=C(c3cccc(OC)c3)Nc3ncnn32)cc1. The van der Waals surface area contributed by atoms with Crippen LogP contribution in [0.4, 0.5) is 5.95 Å². The van der Waals surface area contributed by atoms with Crippen LogP contribution in [-0.2, 0) is 6.42 Å². The summed E-state index contributed by atoms with van der Waals surface area (Å²) in [4.78, 5) is 4.35. The second-order valence-corrected chi connectivity index (χ2v) is 6.01. The molecule has 1 aliphatic rings. The van der Waals surface area contributed by atoms with E-state index in [-0.39, 0.29) is 6.04 Å². The van der Waals surface area contributed by atoms with Crippen molar-refractivity contribution in [1.82, 2.24) is 14.8 Å². The molecule has 3 aromatic rings. The summed E-state index contributed by atoms with van der Waals surface area (Å²) in [5.74, 6) is 1.57. The Labute approximate surface area is 147 Å². The summed E-state index contributed by atoms with van der Waals surface area (Å²) >= 11 is 0. The molecule has 1 atom stereocenters. The molecule has 25 heavy (non-hydrogen) atoms. The van der Waals surface area contributed by atoms with Gasteiger partial charge in [-0.05, 0) is 35.8 Å². The van der Waals surface area contributed by atoms with Crippen molar-refractivity contribution in [3.05, 3.63) is 77.6 Å². The molecule has 1 aromatic heterocycles. The maximum Gasteiger partial charge on any atom is 0.226 e. The number of anilines is 1. The number of nitrogens with one attached hydrogen (secondary N) is 1. The molecule has 0 unspecified atom stereocenters. The van der Waals surface area contributed by atoms with E-state index in [4.69, 9.17) is 4.74 Å². The van der Waals surface area contributed by atoms with Gasteiger partial charge in [0, 0.05) is 11.3 Å². The molecule has 0 aliphatic carbocycles. The monoisotopic (exact) mass is 332 g/mol. The van der Waals surface area contributed by atoms with Gasteiger partial charge in [0.15, 0.2) is 0 Å². The molecular weight excluding hydrogens is 312 g/mol. The predicted octanol–water partition coefficient (Wildman–Crippen LogP) is 3.91. The fourth-order valence-corrected chi connectivity index (χ4v) is 3.08. The molecule has 0 spiro atoms. The molecule has 0 radical (unpaired) electrons. The summed E-state index contributed by atoms with van der Waals surface area (Å²) in [6.07, 6.45) is 4.79. The number of hydrogen-bond donors (Lipinski definition) is 1. The first-order chi connectivity index (χ1) is 12.3. The summed E-state index contributed by atoms with van der Waals surface area (Å²) < 4.78 is 7.26. The van der Waals surface area contributed by atoms with E-state index in [1.54, 1.807) is 13.4 Å². The van der Waals surface area contributed by atoms with Gasteiger partial charge in [0.2, 0.25) is 5.95 Å². The minimum Gasteiger partial charge on any atom is -0.497 e. The van der Waals surface area contributed by atoms with Crippen molar-refractivity contribution in [1.29, 1.82) is 0 Å². The largest absolute Gasteiger partial charge is 0.497 e. The zero-order valence-corrected chi connectivity index (χ0v) is 14.3. The van der Waals surface area contributed by atoms with Gasteiger partial charge in [0.05, 0.1) is 7.11 Å². The summed E-state index contributed by atoms with van der Waals surface area (Å²) in [5, 5.41) is 7.75. The zero-order chi connectivity index (χ0) is 17.2. The van der Waals surface area contributed by atoms with Gasteiger partial charge >= 0.3 is 0 Å². The van der Waals surface area contributed by atoms with E-state index >= 15 is 0 Å². The lowest BCUT2D eigenvalue weighted by atomic mass is 10.00. The Morgan fingerprint density at radius 1 is 1.16 bits per heavy atom. The smallest absolute Gasteiger partial charge is 0.226 e. The third-order valence-electron chi connectivity index (χ3n) is 4.52. The minimum absolute atomic E-state index is 0.00542. The average molecular weight is 332 g/mol. The normalized spacial score (nSPS) is 15.9. The maximum atomic E-state index is 5.35. The standard InChI is InChI=1S/C20H20N4O/c1-3-14-7-9-15(10-8-14)19-12-18(23-20-21-13-22-24(19)20)16-5-4-6-17(11-16)25-2/h4-13,19H,3H2,1-2H3,(H,21,22,23)/t19-/m0/s1. The highest BCUT2D eigenvalue weighted by Gasteiger charge is 2.23. The third-order valence-corrected chi connectivity index (χ3v) is 4.52. The first kappa shape index (κ1) is 15.4. The Kier molecular flexibility index (Phi) is 3.98. The van der Waals surface area contributed by atoms with Crippen molar-refractivity contribution >= 4 is 11.6 Å². The minimum atomic E-state index is 0.00542. The molecule has 1 N–H and O–H groups in total. The Morgan fingerprint density at radius 2 is 2.00 bits per heavy atom. The van der Waals surface area contributed by atoms with E-state index in [0.717, 1.165) is 29.4 Å². The van der Waals surface area contributed by atoms with E-state index in [1.807, 2.05) is 22.9 Å². The van der Waals surface area contributed by atoms with Crippen LogP contribution in [0.1, 0.15) is 29.7 Å². The lowest BCUT2D eigenvalue weighted by Crippen LogP contribution is -2.20. The molecule has 0 amide bonds. The van der Waals surface area contributed by atoms with E-state index in [9.17, 15) is 0 Å². The number of allylic oxidation sites excluding steroid dienone is 1. The van der Waals surface area contributed by atoms with Crippen molar-refractivity contribution in [2.75, 3.05) is 12.4 Å². The van der Waals surface area contributed by atoms with E-state index in [0.29, 0.717) is 0 Å². The fraction of sp³-hybridized carbons (Fsp3) is 0.200. The molecule has 0 fully saturated rings. The number of aryl methyl sites for hydroxylation is 1. The predicted molar refractivity (Wildman–Crippen MR) is 98.6 cm³/mol. The molecule has 0 saturated carbocycles. The first-order valence-corrected chi connectivity index (χ1v) is 8.40. The zero-order valence-electron chi connectivity index (χ0n) is 14.3. The molecule has 0 bridgehead atoms. The summed E-state index contributed by atoms with van der Waals surface area (Å²) in [7, 11) is 1.68. The number of hydrogen-bond acceptors (Lipinski definition) is 4. The van der Waals surface area contributed by atoms with Crippen molar-refractivity contribution in [3.8, 4) is 5.75 Å². The number of nitrogens with zero attached hydrogens (tertiary/aromatic N) is 3. The molecule has 2 aromatic carbocycles. The van der Waals surface area contributed by atoms with Gasteiger partial charge in [-0.15, -0.1) is 0 Å². The van der Waals surface area contributed by atoms with Crippen molar-refractivity contribution < 1.29 is 4.74 Å².